The average Bonchev–Trinajstić information content (AvgIpc) is 3.47. The summed E-state index contributed by atoms with van der Waals surface area (Å²) in [6, 6.07) is 4.52. The number of Topliss-reactive ketones (excluding diaryl/α,β-unsaturated/α-hetero) is 1. The van der Waals surface area contributed by atoms with Crippen molar-refractivity contribution in [3.63, 3.8) is 0 Å². The highest BCUT2D eigenvalue weighted by Crippen LogP contribution is 2.64. The van der Waals surface area contributed by atoms with E-state index in [1.807, 2.05) is 0 Å². The number of fused-ring (bicyclic) bond motifs is 1. The summed E-state index contributed by atoms with van der Waals surface area (Å²) in [6.07, 6.45) is -9.78. The molecule has 2 aromatic heterocycles. The van der Waals surface area contributed by atoms with Crippen LogP contribution in [0.3, 0.4) is 0 Å². The van der Waals surface area contributed by atoms with E-state index in [9.17, 15) is 44.7 Å². The molecule has 3 aromatic rings. The molecule has 0 aliphatic heterocycles. The first-order valence-electron chi connectivity index (χ1n) is 14.7. The second kappa shape index (κ2) is 12.7. The number of pyridine rings is 1. The number of alkyl halides is 8. The van der Waals surface area contributed by atoms with E-state index in [1.54, 1.807) is 0 Å². The molecule has 16 heteroatoms. The van der Waals surface area contributed by atoms with Gasteiger partial charge >= 0.3 is 12.4 Å². The molecule has 0 radical (unpaired) electrons. The number of H-pyrrole nitrogens is 1. The fraction of sp³-hybridized carbons (Fsp3) is 0.533. The largest absolute Gasteiger partial charge is 0.471 e. The molecule has 0 saturated heterocycles. The zero-order valence-electron chi connectivity index (χ0n) is 24.5. The third kappa shape index (κ3) is 7.69. The number of anilines is 2. The number of ketones is 1. The maximum absolute atomic E-state index is 13.7. The van der Waals surface area contributed by atoms with Gasteiger partial charge in [-0.15, -0.1) is 0 Å². The van der Waals surface area contributed by atoms with Crippen LogP contribution in [0.4, 0.5) is 46.8 Å². The van der Waals surface area contributed by atoms with Crippen molar-refractivity contribution in [3.05, 3.63) is 41.0 Å². The number of imidazole rings is 1. The Labute approximate surface area is 257 Å². The maximum Gasteiger partial charge on any atom is 0.418 e. The van der Waals surface area contributed by atoms with Crippen molar-refractivity contribution >= 4 is 34.5 Å². The van der Waals surface area contributed by atoms with Crippen molar-refractivity contribution in [2.45, 2.75) is 77.2 Å². The first-order chi connectivity index (χ1) is 21.5. The van der Waals surface area contributed by atoms with Gasteiger partial charge in [-0.3, -0.25) is 9.59 Å². The number of benzene rings is 1. The van der Waals surface area contributed by atoms with E-state index in [2.05, 4.69) is 25.6 Å². The fourth-order valence-corrected chi connectivity index (χ4v) is 6.26. The molecular weight excluding hydrogens is 630 g/mol. The topological polar surface area (TPSA) is 109 Å². The van der Waals surface area contributed by atoms with Gasteiger partial charge in [0.25, 0.3) is 6.43 Å². The van der Waals surface area contributed by atoms with Crippen molar-refractivity contribution in [3.8, 4) is 5.88 Å². The lowest BCUT2D eigenvalue weighted by molar-refractivity contribution is -0.185. The number of amides is 1. The quantitative estimate of drug-likeness (QED) is 0.143. The van der Waals surface area contributed by atoms with Gasteiger partial charge in [0, 0.05) is 19.9 Å². The average molecular weight is 662 g/mol. The van der Waals surface area contributed by atoms with Gasteiger partial charge in [0.1, 0.15) is 0 Å². The van der Waals surface area contributed by atoms with Crippen LogP contribution in [0.25, 0.3) is 11.2 Å². The summed E-state index contributed by atoms with van der Waals surface area (Å²) in [4.78, 5) is 35.5. The smallest absolute Gasteiger partial charge is 0.418 e. The summed E-state index contributed by atoms with van der Waals surface area (Å²) in [5, 5.41) is 5.05. The molecule has 250 valence electrons. The van der Waals surface area contributed by atoms with Gasteiger partial charge in [0.15, 0.2) is 18.0 Å². The van der Waals surface area contributed by atoms with Crippen LogP contribution in [0.1, 0.15) is 73.4 Å². The molecule has 3 N–H and O–H groups in total. The van der Waals surface area contributed by atoms with Crippen molar-refractivity contribution in [1.82, 2.24) is 20.3 Å². The van der Waals surface area contributed by atoms with Gasteiger partial charge in [-0.05, 0) is 73.6 Å². The van der Waals surface area contributed by atoms with E-state index in [1.165, 1.54) is 25.1 Å². The van der Waals surface area contributed by atoms with Gasteiger partial charge in [-0.25, -0.2) is 8.78 Å². The lowest BCUT2D eigenvalue weighted by Gasteiger charge is -2.30. The van der Waals surface area contributed by atoms with Gasteiger partial charge in [0.2, 0.25) is 17.7 Å². The molecule has 46 heavy (non-hydrogen) atoms. The summed E-state index contributed by atoms with van der Waals surface area (Å²) in [7, 11) is 0. The normalized spacial score (nSPS) is 21.5. The van der Waals surface area contributed by atoms with Crippen molar-refractivity contribution in [2.24, 2.45) is 17.3 Å². The minimum absolute atomic E-state index is 0.0252. The first-order valence-corrected chi connectivity index (χ1v) is 14.7. The monoisotopic (exact) mass is 661 g/mol. The number of aromatic amines is 1. The van der Waals surface area contributed by atoms with Crippen LogP contribution in [-0.2, 0) is 17.5 Å². The lowest BCUT2D eigenvalue weighted by atomic mass is 9.77. The third-order valence-electron chi connectivity index (χ3n) is 8.79. The number of aromatic nitrogens is 3. The maximum atomic E-state index is 13.7. The van der Waals surface area contributed by atoms with E-state index in [4.69, 9.17) is 4.74 Å². The molecule has 2 saturated carbocycles. The van der Waals surface area contributed by atoms with Gasteiger partial charge < -0.3 is 20.4 Å². The Bertz CT molecular complexity index is 1600. The van der Waals surface area contributed by atoms with Gasteiger partial charge in [-0.2, -0.15) is 36.3 Å². The Hall–Kier alpha value is -3.98. The zero-order valence-corrected chi connectivity index (χ0v) is 24.5. The Kier molecular flexibility index (Phi) is 9.19. The molecular formula is C30H31F8N5O3. The van der Waals surface area contributed by atoms with E-state index in [0.717, 1.165) is 12.5 Å². The molecule has 1 aromatic carbocycles. The highest BCUT2D eigenvalue weighted by molar-refractivity contribution is 6.00. The highest BCUT2D eigenvalue weighted by atomic mass is 19.4. The number of nitrogens with one attached hydrogen (secondary N) is 3. The van der Waals surface area contributed by atoms with E-state index < -0.39 is 48.5 Å². The lowest BCUT2D eigenvalue weighted by Crippen LogP contribution is -2.28. The highest BCUT2D eigenvalue weighted by Gasteiger charge is 2.57. The molecule has 8 nitrogen and oxygen atoms in total. The van der Waals surface area contributed by atoms with Gasteiger partial charge in [-0.1, -0.05) is 6.07 Å². The zero-order chi connectivity index (χ0) is 33.4. The molecule has 1 unspecified atom stereocenters. The molecule has 2 fully saturated rings. The number of ether oxygens (including phenoxy) is 1. The predicted molar refractivity (Wildman–Crippen MR) is 150 cm³/mol. The summed E-state index contributed by atoms with van der Waals surface area (Å²) in [6.45, 7) is 0.157. The second-order valence-corrected chi connectivity index (χ2v) is 12.0. The molecule has 1 atom stereocenters. The van der Waals surface area contributed by atoms with Crippen LogP contribution in [0.2, 0.25) is 0 Å². The minimum atomic E-state index is -4.74. The molecule has 5 rings (SSSR count). The third-order valence-corrected chi connectivity index (χ3v) is 8.79. The standard InChI is InChI=1S/C30H31F8N5O3/c1-15(44)39-13-16-2-4-20(30(36,37)38)21(10-16)40-27-41-22-11-19(26(42-25(22)43-27)46-14-24(31)32)23(45)5-3-18-12-28(18)8-6-17(7-9-28)29(33,34)35/h2,4,10-11,17-18,24H,3,5-9,12-14H2,1H3,(H,39,44)(H2,40,41,42,43). The summed E-state index contributed by atoms with van der Waals surface area (Å²) >= 11 is 0. The SMILES string of the molecule is CC(=O)NCc1ccc(C(F)(F)F)c(Nc2nc3nc(OCC(F)F)c(C(=O)CCC4CC45CCC(C(F)(F)F)CC5)cc3[nH]2)c1. The Morgan fingerprint density at radius 1 is 1.09 bits per heavy atom. The van der Waals surface area contributed by atoms with E-state index in [0.29, 0.717) is 24.8 Å². The molecule has 2 aliphatic carbocycles. The summed E-state index contributed by atoms with van der Waals surface area (Å²) < 4.78 is 112. The van der Waals surface area contributed by atoms with Crippen LogP contribution >= 0.6 is 0 Å². The molecule has 1 spiro atoms. The van der Waals surface area contributed by atoms with E-state index >= 15 is 0 Å². The number of hydrogen-bond acceptors (Lipinski definition) is 6. The number of halogens is 8. The molecule has 1 amide bonds. The van der Waals surface area contributed by atoms with Gasteiger partial charge in [0.05, 0.1) is 28.2 Å². The number of nitrogens with zero attached hydrogens (tertiary/aromatic N) is 2. The number of carbonyl (C=O) groups excluding carboxylic acids is 2. The van der Waals surface area contributed by atoms with Crippen molar-refractivity contribution < 1.29 is 49.4 Å². The van der Waals surface area contributed by atoms with Crippen molar-refractivity contribution in [1.29, 1.82) is 0 Å². The first kappa shape index (κ1) is 33.4. The van der Waals surface area contributed by atoms with Crippen LogP contribution in [0.15, 0.2) is 24.3 Å². The van der Waals surface area contributed by atoms with Crippen LogP contribution < -0.4 is 15.4 Å². The fourth-order valence-electron chi connectivity index (χ4n) is 6.26. The van der Waals surface area contributed by atoms with Crippen molar-refractivity contribution in [2.75, 3.05) is 11.9 Å². The van der Waals surface area contributed by atoms with E-state index in [-0.39, 0.29) is 71.4 Å². The molecule has 2 heterocycles. The number of rotatable bonds is 11. The number of hydrogen-bond donors (Lipinski definition) is 3. The molecule has 2 aliphatic rings. The Balaban J connectivity index is 1.34. The Morgan fingerprint density at radius 2 is 1.80 bits per heavy atom. The Morgan fingerprint density at radius 3 is 2.43 bits per heavy atom. The predicted octanol–water partition coefficient (Wildman–Crippen LogP) is 7.72. The molecule has 0 bridgehead atoms. The number of carbonyl (C=O) groups is 2. The summed E-state index contributed by atoms with van der Waals surface area (Å²) in [5.74, 6) is -2.71. The minimum Gasteiger partial charge on any atom is -0.471 e. The van der Waals surface area contributed by atoms with Crippen LogP contribution in [-0.4, -0.2) is 45.9 Å². The summed E-state index contributed by atoms with van der Waals surface area (Å²) in [5.41, 5.74) is -1.39. The van der Waals surface area contributed by atoms with Crippen LogP contribution in [0, 0.1) is 17.3 Å². The van der Waals surface area contributed by atoms with Crippen LogP contribution in [0.5, 0.6) is 5.88 Å². The second-order valence-electron chi connectivity index (χ2n) is 12.0.